The number of hydrogen-bond donors (Lipinski definition) is 3. The molecule has 0 saturated carbocycles. The van der Waals surface area contributed by atoms with Gasteiger partial charge in [-0.2, -0.15) is 0 Å². The van der Waals surface area contributed by atoms with Crippen molar-refractivity contribution in [3.8, 4) is 0 Å². The first-order valence-corrected chi connectivity index (χ1v) is 7.04. The Bertz CT molecular complexity index is 501. The Balaban J connectivity index is 1.82. The van der Waals surface area contributed by atoms with Crippen LogP contribution in [0.5, 0.6) is 0 Å². The summed E-state index contributed by atoms with van der Waals surface area (Å²) in [5.41, 5.74) is 1.61. The van der Waals surface area contributed by atoms with Crippen LogP contribution in [0.3, 0.4) is 0 Å². The smallest absolute Gasteiger partial charge is 0.319 e. The Morgan fingerprint density at radius 1 is 1.33 bits per heavy atom. The molecule has 6 heteroatoms. The number of rotatable bonds is 5. The summed E-state index contributed by atoms with van der Waals surface area (Å²) in [6, 6.07) is 6.96. The number of benzene rings is 1. The van der Waals surface area contributed by atoms with Gasteiger partial charge in [-0.1, -0.05) is 12.1 Å². The molecule has 1 fully saturated rings. The summed E-state index contributed by atoms with van der Waals surface area (Å²) >= 11 is 0. The fourth-order valence-corrected chi connectivity index (χ4v) is 2.26. The van der Waals surface area contributed by atoms with E-state index in [9.17, 15) is 9.59 Å². The number of anilines is 1. The van der Waals surface area contributed by atoms with Gasteiger partial charge in [-0.15, -0.1) is 0 Å². The molecule has 114 valence electrons. The van der Waals surface area contributed by atoms with Gasteiger partial charge in [0, 0.05) is 18.7 Å². The van der Waals surface area contributed by atoms with Crippen LogP contribution in [-0.2, 0) is 16.0 Å². The lowest BCUT2D eigenvalue weighted by molar-refractivity contribution is -0.136. The van der Waals surface area contributed by atoms with E-state index in [0.717, 1.165) is 12.0 Å². The average molecular weight is 292 g/mol. The van der Waals surface area contributed by atoms with Crippen LogP contribution in [-0.4, -0.2) is 35.9 Å². The second-order valence-electron chi connectivity index (χ2n) is 5.16. The standard InChI is InChI=1S/C15H20N2O4/c1-10-13(8-9-21-10)17-15(20)16-12-5-2-11(3-6-12)4-7-14(18)19/h2-3,5-6,10,13H,4,7-9H2,1H3,(H,18,19)(H2,16,17,20). The van der Waals surface area contributed by atoms with Crippen LogP contribution < -0.4 is 10.6 Å². The minimum Gasteiger partial charge on any atom is -0.481 e. The van der Waals surface area contributed by atoms with E-state index in [4.69, 9.17) is 9.84 Å². The van der Waals surface area contributed by atoms with Gasteiger partial charge < -0.3 is 20.5 Å². The van der Waals surface area contributed by atoms with Crippen molar-refractivity contribution >= 4 is 17.7 Å². The number of carbonyl (C=O) groups is 2. The van der Waals surface area contributed by atoms with E-state index in [1.54, 1.807) is 12.1 Å². The first-order valence-electron chi connectivity index (χ1n) is 7.04. The number of urea groups is 1. The van der Waals surface area contributed by atoms with E-state index >= 15 is 0 Å². The third-order valence-electron chi connectivity index (χ3n) is 3.53. The fourth-order valence-electron chi connectivity index (χ4n) is 2.26. The van der Waals surface area contributed by atoms with E-state index in [1.165, 1.54) is 0 Å². The quantitative estimate of drug-likeness (QED) is 0.774. The second kappa shape index (κ2) is 7.08. The van der Waals surface area contributed by atoms with E-state index in [-0.39, 0.29) is 24.6 Å². The molecular weight excluding hydrogens is 272 g/mol. The van der Waals surface area contributed by atoms with E-state index in [2.05, 4.69) is 10.6 Å². The van der Waals surface area contributed by atoms with Crippen LogP contribution in [0, 0.1) is 0 Å². The topological polar surface area (TPSA) is 87.7 Å². The van der Waals surface area contributed by atoms with Crippen LogP contribution in [0.1, 0.15) is 25.3 Å². The van der Waals surface area contributed by atoms with Crippen molar-refractivity contribution in [2.24, 2.45) is 0 Å². The third-order valence-corrected chi connectivity index (χ3v) is 3.53. The molecule has 2 rings (SSSR count). The predicted octanol–water partition coefficient (Wildman–Crippen LogP) is 2.00. The van der Waals surface area contributed by atoms with Crippen molar-refractivity contribution in [3.05, 3.63) is 29.8 Å². The normalized spacial score (nSPS) is 21.0. The summed E-state index contributed by atoms with van der Waals surface area (Å²) in [4.78, 5) is 22.4. The fraction of sp³-hybridized carbons (Fsp3) is 0.467. The van der Waals surface area contributed by atoms with Gasteiger partial charge in [-0.25, -0.2) is 4.79 Å². The minimum atomic E-state index is -0.815. The highest BCUT2D eigenvalue weighted by molar-refractivity contribution is 5.89. The molecule has 0 bridgehead atoms. The van der Waals surface area contributed by atoms with Gasteiger partial charge in [0.05, 0.1) is 12.1 Å². The summed E-state index contributed by atoms with van der Waals surface area (Å²) in [5.74, 6) is -0.815. The number of amides is 2. The number of aryl methyl sites for hydroxylation is 1. The highest BCUT2D eigenvalue weighted by Crippen LogP contribution is 2.14. The van der Waals surface area contributed by atoms with Crippen LogP contribution >= 0.6 is 0 Å². The molecule has 2 unspecified atom stereocenters. The maximum atomic E-state index is 11.9. The van der Waals surface area contributed by atoms with Gasteiger partial charge in [0.15, 0.2) is 0 Å². The molecule has 21 heavy (non-hydrogen) atoms. The van der Waals surface area contributed by atoms with Crippen molar-refractivity contribution in [3.63, 3.8) is 0 Å². The van der Waals surface area contributed by atoms with Gasteiger partial charge >= 0.3 is 12.0 Å². The molecule has 1 saturated heterocycles. The Morgan fingerprint density at radius 3 is 2.62 bits per heavy atom. The van der Waals surface area contributed by atoms with Crippen molar-refractivity contribution in [2.45, 2.75) is 38.3 Å². The highest BCUT2D eigenvalue weighted by Gasteiger charge is 2.25. The van der Waals surface area contributed by atoms with E-state index in [1.807, 2.05) is 19.1 Å². The van der Waals surface area contributed by atoms with Crippen molar-refractivity contribution in [2.75, 3.05) is 11.9 Å². The molecule has 1 aromatic carbocycles. The number of nitrogens with one attached hydrogen (secondary N) is 2. The molecule has 0 aromatic heterocycles. The van der Waals surface area contributed by atoms with Crippen LogP contribution in [0.15, 0.2) is 24.3 Å². The second-order valence-corrected chi connectivity index (χ2v) is 5.16. The molecule has 2 atom stereocenters. The number of carboxylic acids is 1. The zero-order chi connectivity index (χ0) is 15.2. The number of carboxylic acid groups (broad SMARTS) is 1. The predicted molar refractivity (Wildman–Crippen MR) is 78.4 cm³/mol. The first-order chi connectivity index (χ1) is 10.0. The largest absolute Gasteiger partial charge is 0.481 e. The molecule has 3 N–H and O–H groups in total. The van der Waals surface area contributed by atoms with Crippen molar-refractivity contribution in [1.29, 1.82) is 0 Å². The number of ether oxygens (including phenoxy) is 1. The summed E-state index contributed by atoms with van der Waals surface area (Å²) < 4.78 is 5.39. The molecule has 1 aromatic rings. The zero-order valence-electron chi connectivity index (χ0n) is 12.0. The monoisotopic (exact) mass is 292 g/mol. The van der Waals surface area contributed by atoms with Gasteiger partial charge in [0.1, 0.15) is 0 Å². The summed E-state index contributed by atoms with van der Waals surface area (Å²) in [5, 5.41) is 14.3. The number of carbonyl (C=O) groups excluding carboxylic acids is 1. The Hall–Kier alpha value is -2.08. The molecule has 1 aliphatic heterocycles. The Kier molecular flexibility index (Phi) is 5.16. The van der Waals surface area contributed by atoms with Gasteiger partial charge in [-0.05, 0) is 37.5 Å². The third kappa shape index (κ3) is 4.75. The first kappa shape index (κ1) is 15.3. The van der Waals surface area contributed by atoms with Gasteiger partial charge in [-0.3, -0.25) is 4.79 Å². The zero-order valence-corrected chi connectivity index (χ0v) is 12.0. The maximum absolute atomic E-state index is 11.9. The van der Waals surface area contributed by atoms with E-state index < -0.39 is 5.97 Å². The lowest BCUT2D eigenvalue weighted by atomic mass is 10.1. The molecule has 0 spiro atoms. The average Bonchev–Trinajstić information content (AvgIpc) is 2.83. The van der Waals surface area contributed by atoms with Crippen LogP contribution in [0.4, 0.5) is 10.5 Å². The lowest BCUT2D eigenvalue weighted by Gasteiger charge is -2.16. The minimum absolute atomic E-state index is 0.0362. The molecular formula is C15H20N2O4. The van der Waals surface area contributed by atoms with Crippen LogP contribution in [0.25, 0.3) is 0 Å². The van der Waals surface area contributed by atoms with Crippen molar-refractivity contribution in [1.82, 2.24) is 5.32 Å². The van der Waals surface area contributed by atoms with E-state index in [0.29, 0.717) is 18.7 Å². The molecule has 0 radical (unpaired) electrons. The van der Waals surface area contributed by atoms with Crippen molar-refractivity contribution < 1.29 is 19.4 Å². The molecule has 1 heterocycles. The highest BCUT2D eigenvalue weighted by atomic mass is 16.5. The van der Waals surface area contributed by atoms with Crippen LogP contribution in [0.2, 0.25) is 0 Å². The maximum Gasteiger partial charge on any atom is 0.319 e. The number of hydrogen-bond acceptors (Lipinski definition) is 3. The lowest BCUT2D eigenvalue weighted by Crippen LogP contribution is -2.41. The molecule has 6 nitrogen and oxygen atoms in total. The summed E-state index contributed by atoms with van der Waals surface area (Å²) in [6.07, 6.45) is 1.45. The van der Waals surface area contributed by atoms with Gasteiger partial charge in [0.25, 0.3) is 0 Å². The molecule has 1 aliphatic rings. The van der Waals surface area contributed by atoms with Gasteiger partial charge in [0.2, 0.25) is 0 Å². The number of aliphatic carboxylic acids is 1. The SMILES string of the molecule is CC1OCCC1NC(=O)Nc1ccc(CCC(=O)O)cc1. The Morgan fingerprint density at radius 2 is 2.05 bits per heavy atom. The Labute approximate surface area is 123 Å². The molecule has 0 aliphatic carbocycles. The summed E-state index contributed by atoms with van der Waals surface area (Å²) in [7, 11) is 0. The summed E-state index contributed by atoms with van der Waals surface area (Å²) in [6.45, 7) is 2.61. The molecule has 2 amide bonds.